The maximum absolute atomic E-state index is 11.6. The first-order valence-electron chi connectivity index (χ1n) is 10.4. The summed E-state index contributed by atoms with van der Waals surface area (Å²) in [5.74, 6) is 0.910. The molecular formula is C20H37N3O3. The number of nitrogens with one attached hydrogen (secondary N) is 1. The highest BCUT2D eigenvalue weighted by Crippen LogP contribution is 2.20. The van der Waals surface area contributed by atoms with Crippen molar-refractivity contribution in [3.63, 3.8) is 0 Å². The molecule has 1 N–H and O–H groups in total. The summed E-state index contributed by atoms with van der Waals surface area (Å²) in [7, 11) is 3.29. The van der Waals surface area contributed by atoms with E-state index < -0.39 is 0 Å². The van der Waals surface area contributed by atoms with Crippen molar-refractivity contribution >= 4 is 11.9 Å². The first-order chi connectivity index (χ1) is 12.7. The zero-order chi connectivity index (χ0) is 18.6. The van der Waals surface area contributed by atoms with Crippen molar-refractivity contribution in [1.29, 1.82) is 0 Å². The Balaban J connectivity index is 1.52. The molecule has 6 nitrogen and oxygen atoms in total. The number of nitrogens with zero attached hydrogens (tertiary/aromatic N) is 2. The molecule has 6 heteroatoms. The predicted molar refractivity (Wildman–Crippen MR) is 104 cm³/mol. The molecule has 1 aliphatic carbocycles. The van der Waals surface area contributed by atoms with Gasteiger partial charge in [-0.25, -0.2) is 0 Å². The molecular weight excluding hydrogens is 330 g/mol. The minimum Gasteiger partial charge on any atom is -0.469 e. The zero-order valence-corrected chi connectivity index (χ0v) is 16.7. The maximum Gasteiger partial charge on any atom is 0.308 e. The van der Waals surface area contributed by atoms with Gasteiger partial charge >= 0.3 is 5.97 Å². The van der Waals surface area contributed by atoms with Crippen LogP contribution in [0.25, 0.3) is 0 Å². The minimum atomic E-state index is -0.0805. The molecule has 0 aromatic carbocycles. The molecule has 150 valence electrons. The average molecular weight is 368 g/mol. The van der Waals surface area contributed by atoms with Gasteiger partial charge in [0.05, 0.1) is 19.1 Å². The van der Waals surface area contributed by atoms with Crippen LogP contribution < -0.4 is 5.32 Å². The number of rotatable bonds is 8. The van der Waals surface area contributed by atoms with Gasteiger partial charge < -0.3 is 19.7 Å². The SMILES string of the molecule is CN=C(NCCCCCOC1CCCCC1)N1CCC(C(=O)OC)CC1. The molecule has 1 saturated heterocycles. The van der Waals surface area contributed by atoms with Gasteiger partial charge in [0.2, 0.25) is 0 Å². The van der Waals surface area contributed by atoms with Crippen LogP contribution in [0.4, 0.5) is 0 Å². The van der Waals surface area contributed by atoms with Gasteiger partial charge in [0, 0.05) is 33.3 Å². The Bertz CT molecular complexity index is 428. The fourth-order valence-electron chi connectivity index (χ4n) is 3.91. The number of aliphatic imine (C=N–C) groups is 1. The first kappa shape index (κ1) is 21.0. The van der Waals surface area contributed by atoms with Crippen LogP contribution in [0.15, 0.2) is 4.99 Å². The third kappa shape index (κ3) is 7.14. The highest BCUT2D eigenvalue weighted by atomic mass is 16.5. The van der Waals surface area contributed by atoms with Gasteiger partial charge in [-0.05, 0) is 44.9 Å². The Morgan fingerprint density at radius 2 is 1.81 bits per heavy atom. The lowest BCUT2D eigenvalue weighted by Gasteiger charge is -2.33. The van der Waals surface area contributed by atoms with Crippen molar-refractivity contribution in [1.82, 2.24) is 10.2 Å². The number of esters is 1. The third-order valence-corrected chi connectivity index (χ3v) is 5.55. The van der Waals surface area contributed by atoms with Crippen molar-refractivity contribution in [2.75, 3.05) is 40.4 Å². The lowest BCUT2D eigenvalue weighted by molar-refractivity contribution is -0.146. The molecule has 2 rings (SSSR count). The molecule has 0 aromatic rings. The van der Waals surface area contributed by atoms with Crippen LogP contribution in [-0.2, 0) is 14.3 Å². The summed E-state index contributed by atoms with van der Waals surface area (Å²) in [6, 6.07) is 0. The van der Waals surface area contributed by atoms with Crippen LogP contribution in [0.3, 0.4) is 0 Å². The molecule has 2 aliphatic rings. The zero-order valence-electron chi connectivity index (χ0n) is 16.7. The highest BCUT2D eigenvalue weighted by Gasteiger charge is 2.26. The number of methoxy groups -OCH3 is 1. The van der Waals surface area contributed by atoms with Crippen LogP contribution in [0.1, 0.15) is 64.2 Å². The van der Waals surface area contributed by atoms with Gasteiger partial charge in [0.1, 0.15) is 0 Å². The Labute approximate surface area is 158 Å². The number of ether oxygens (including phenoxy) is 2. The third-order valence-electron chi connectivity index (χ3n) is 5.55. The number of hydrogen-bond donors (Lipinski definition) is 1. The molecule has 1 aliphatic heterocycles. The quantitative estimate of drug-likeness (QED) is 0.309. The van der Waals surface area contributed by atoms with Crippen LogP contribution in [0, 0.1) is 5.92 Å². The van der Waals surface area contributed by atoms with Crippen molar-refractivity contribution < 1.29 is 14.3 Å². The number of hydrogen-bond acceptors (Lipinski definition) is 4. The van der Waals surface area contributed by atoms with Gasteiger partial charge in [-0.3, -0.25) is 9.79 Å². The Kier molecular flexibility index (Phi) is 9.82. The van der Waals surface area contributed by atoms with Gasteiger partial charge in [-0.1, -0.05) is 19.3 Å². The van der Waals surface area contributed by atoms with E-state index in [0.717, 1.165) is 57.9 Å². The summed E-state index contributed by atoms with van der Waals surface area (Å²) >= 11 is 0. The average Bonchev–Trinajstić information content (AvgIpc) is 2.70. The molecule has 0 unspecified atom stereocenters. The summed E-state index contributed by atoms with van der Waals surface area (Å²) in [6.07, 6.45) is 12.2. The number of piperidine rings is 1. The number of likely N-dealkylation sites (tertiary alicyclic amines) is 1. The normalized spacial score (nSPS) is 20.2. The molecule has 1 heterocycles. The van der Waals surface area contributed by atoms with Gasteiger partial charge in [-0.15, -0.1) is 0 Å². The lowest BCUT2D eigenvalue weighted by Crippen LogP contribution is -2.46. The van der Waals surface area contributed by atoms with E-state index in [1.165, 1.54) is 45.6 Å². The van der Waals surface area contributed by atoms with Gasteiger partial charge in [0.25, 0.3) is 0 Å². The van der Waals surface area contributed by atoms with Crippen LogP contribution >= 0.6 is 0 Å². The number of carbonyl (C=O) groups is 1. The van der Waals surface area contributed by atoms with Gasteiger partial charge in [0.15, 0.2) is 5.96 Å². The molecule has 0 bridgehead atoms. The van der Waals surface area contributed by atoms with Crippen LogP contribution in [0.2, 0.25) is 0 Å². The summed E-state index contributed by atoms with van der Waals surface area (Å²) in [5, 5.41) is 3.46. The monoisotopic (exact) mass is 367 g/mol. The molecule has 0 spiro atoms. The summed E-state index contributed by atoms with van der Waals surface area (Å²) < 4.78 is 10.8. The van der Waals surface area contributed by atoms with E-state index >= 15 is 0 Å². The first-order valence-corrected chi connectivity index (χ1v) is 10.4. The Hall–Kier alpha value is -1.30. The van der Waals surface area contributed by atoms with Crippen molar-refractivity contribution in [2.45, 2.75) is 70.3 Å². The molecule has 2 fully saturated rings. The maximum atomic E-state index is 11.6. The van der Waals surface area contributed by atoms with E-state index in [2.05, 4.69) is 15.2 Å². The Morgan fingerprint density at radius 1 is 1.08 bits per heavy atom. The van der Waals surface area contributed by atoms with Crippen LogP contribution in [-0.4, -0.2) is 63.3 Å². The second-order valence-corrected chi connectivity index (χ2v) is 7.45. The number of unbranched alkanes of at least 4 members (excludes halogenated alkanes) is 2. The fraction of sp³-hybridized carbons (Fsp3) is 0.900. The Morgan fingerprint density at radius 3 is 2.46 bits per heavy atom. The van der Waals surface area contributed by atoms with E-state index in [-0.39, 0.29) is 11.9 Å². The highest BCUT2D eigenvalue weighted by molar-refractivity contribution is 5.80. The number of guanidine groups is 1. The molecule has 1 saturated carbocycles. The second kappa shape index (κ2) is 12.2. The van der Waals surface area contributed by atoms with E-state index in [4.69, 9.17) is 9.47 Å². The standard InChI is InChI=1S/C20H37N3O3/c1-21-20(23-14-11-17(12-15-23)19(24)25-2)22-13-7-4-8-16-26-18-9-5-3-6-10-18/h17-18H,3-16H2,1-2H3,(H,21,22). The summed E-state index contributed by atoms with van der Waals surface area (Å²) in [6.45, 7) is 3.55. The molecule has 0 radical (unpaired) electrons. The largest absolute Gasteiger partial charge is 0.469 e. The van der Waals surface area contributed by atoms with Crippen molar-refractivity contribution in [3.05, 3.63) is 0 Å². The summed E-state index contributed by atoms with van der Waals surface area (Å²) in [5.41, 5.74) is 0. The van der Waals surface area contributed by atoms with E-state index in [9.17, 15) is 4.79 Å². The van der Waals surface area contributed by atoms with Crippen molar-refractivity contribution in [3.8, 4) is 0 Å². The van der Waals surface area contributed by atoms with Crippen LogP contribution in [0.5, 0.6) is 0 Å². The lowest BCUT2D eigenvalue weighted by atomic mass is 9.97. The van der Waals surface area contributed by atoms with E-state index in [1.54, 1.807) is 0 Å². The van der Waals surface area contributed by atoms with Gasteiger partial charge in [-0.2, -0.15) is 0 Å². The molecule has 0 aromatic heterocycles. The van der Waals surface area contributed by atoms with Crippen molar-refractivity contribution in [2.24, 2.45) is 10.9 Å². The molecule has 0 amide bonds. The number of carbonyl (C=O) groups excluding carboxylic acids is 1. The van der Waals surface area contributed by atoms with E-state index in [0.29, 0.717) is 6.10 Å². The topological polar surface area (TPSA) is 63.2 Å². The smallest absolute Gasteiger partial charge is 0.308 e. The fourth-order valence-corrected chi connectivity index (χ4v) is 3.91. The molecule has 26 heavy (non-hydrogen) atoms. The second-order valence-electron chi connectivity index (χ2n) is 7.45. The predicted octanol–water partition coefficient (Wildman–Crippen LogP) is 2.97. The minimum absolute atomic E-state index is 0.0403. The van der Waals surface area contributed by atoms with E-state index in [1.807, 2.05) is 7.05 Å². The molecule has 0 atom stereocenters. The summed E-state index contributed by atoms with van der Waals surface area (Å²) in [4.78, 5) is 18.2.